The van der Waals surface area contributed by atoms with Crippen molar-refractivity contribution < 1.29 is 13.2 Å². The molecule has 0 radical (unpaired) electrons. The van der Waals surface area contributed by atoms with E-state index in [1.54, 1.807) is 22.1 Å². The molecule has 5 rings (SSSR count). The Labute approximate surface area is 192 Å². The Morgan fingerprint density at radius 1 is 0.844 bits per heavy atom. The van der Waals surface area contributed by atoms with E-state index >= 15 is 0 Å². The maximum atomic E-state index is 13.6. The molecule has 6 heteroatoms. The Morgan fingerprint density at radius 3 is 2.38 bits per heavy atom. The standard InChI is InChI=1S/C26H23NO3S2/c28-32(29,25-12-6-10-21-9-4-5-11-24(21)25)27-17-18-31-26(27)22-13-15-23(16-14-22)30-19-20-7-2-1-3-8-20/h1-16,26H,17-19H2. The Bertz CT molecular complexity index is 1320. The number of nitrogens with zero attached hydrogens (tertiary/aromatic N) is 1. The van der Waals surface area contributed by atoms with Gasteiger partial charge in [0.25, 0.3) is 0 Å². The van der Waals surface area contributed by atoms with Crippen LogP contribution in [0.2, 0.25) is 0 Å². The van der Waals surface area contributed by atoms with Crippen molar-refractivity contribution in [2.75, 3.05) is 12.3 Å². The van der Waals surface area contributed by atoms with Crippen molar-refractivity contribution in [3.8, 4) is 5.75 Å². The molecule has 0 bridgehead atoms. The van der Waals surface area contributed by atoms with E-state index in [9.17, 15) is 8.42 Å². The molecule has 4 aromatic rings. The zero-order valence-corrected chi connectivity index (χ0v) is 19.1. The molecular formula is C26H23NO3S2. The highest BCUT2D eigenvalue weighted by atomic mass is 32.2. The van der Waals surface area contributed by atoms with Crippen LogP contribution in [0.1, 0.15) is 16.5 Å². The molecule has 1 atom stereocenters. The van der Waals surface area contributed by atoms with Gasteiger partial charge in [0.05, 0.1) is 10.3 Å². The summed E-state index contributed by atoms with van der Waals surface area (Å²) in [6, 6.07) is 30.9. The van der Waals surface area contributed by atoms with Crippen molar-refractivity contribution in [2.45, 2.75) is 16.9 Å². The quantitative estimate of drug-likeness (QED) is 0.361. The highest BCUT2D eigenvalue weighted by Gasteiger charge is 2.37. The van der Waals surface area contributed by atoms with E-state index in [2.05, 4.69) is 0 Å². The summed E-state index contributed by atoms with van der Waals surface area (Å²) < 4.78 is 34.8. The molecule has 1 aliphatic heterocycles. The number of hydrogen-bond donors (Lipinski definition) is 0. The summed E-state index contributed by atoms with van der Waals surface area (Å²) in [4.78, 5) is 0.367. The molecule has 4 aromatic carbocycles. The maximum absolute atomic E-state index is 13.6. The van der Waals surface area contributed by atoms with Crippen LogP contribution in [0.3, 0.4) is 0 Å². The van der Waals surface area contributed by atoms with Crippen LogP contribution in [0.4, 0.5) is 0 Å². The van der Waals surface area contributed by atoms with Crippen molar-refractivity contribution in [1.82, 2.24) is 4.31 Å². The molecule has 1 saturated heterocycles. The highest BCUT2D eigenvalue weighted by molar-refractivity contribution is 8.01. The fourth-order valence-electron chi connectivity index (χ4n) is 3.98. The van der Waals surface area contributed by atoms with Crippen molar-refractivity contribution in [2.24, 2.45) is 0 Å². The van der Waals surface area contributed by atoms with Gasteiger partial charge >= 0.3 is 0 Å². The second-order valence-corrected chi connectivity index (χ2v) is 10.7. The summed E-state index contributed by atoms with van der Waals surface area (Å²) in [6.07, 6.45) is 0. The average Bonchev–Trinajstić information content (AvgIpc) is 3.34. The Kier molecular flexibility index (Phi) is 5.91. The summed E-state index contributed by atoms with van der Waals surface area (Å²) >= 11 is 1.65. The van der Waals surface area contributed by atoms with Gasteiger partial charge in [-0.2, -0.15) is 4.31 Å². The normalized spacial score (nSPS) is 16.9. The fourth-order valence-corrected chi connectivity index (χ4v) is 7.44. The van der Waals surface area contributed by atoms with Crippen LogP contribution in [0.25, 0.3) is 10.8 Å². The lowest BCUT2D eigenvalue weighted by molar-refractivity contribution is 0.306. The van der Waals surface area contributed by atoms with E-state index in [1.165, 1.54) is 0 Å². The van der Waals surface area contributed by atoms with Gasteiger partial charge in [0.1, 0.15) is 12.4 Å². The van der Waals surface area contributed by atoms with Crippen molar-refractivity contribution in [3.05, 3.63) is 108 Å². The van der Waals surface area contributed by atoms with E-state index < -0.39 is 10.0 Å². The van der Waals surface area contributed by atoms with Gasteiger partial charge in [-0.25, -0.2) is 8.42 Å². The zero-order valence-electron chi connectivity index (χ0n) is 17.4. The molecule has 4 nitrogen and oxygen atoms in total. The lowest BCUT2D eigenvalue weighted by atomic mass is 10.1. The first-order valence-electron chi connectivity index (χ1n) is 10.5. The molecule has 0 saturated carbocycles. The number of hydrogen-bond acceptors (Lipinski definition) is 4. The van der Waals surface area contributed by atoms with Crippen molar-refractivity contribution >= 4 is 32.6 Å². The van der Waals surface area contributed by atoms with Gasteiger partial charge < -0.3 is 4.74 Å². The lowest BCUT2D eigenvalue weighted by Gasteiger charge is -2.24. The Balaban J connectivity index is 1.38. The minimum atomic E-state index is -3.64. The van der Waals surface area contributed by atoms with Gasteiger partial charge in [0.15, 0.2) is 0 Å². The van der Waals surface area contributed by atoms with Crippen molar-refractivity contribution in [3.63, 3.8) is 0 Å². The van der Waals surface area contributed by atoms with Crippen LogP contribution in [-0.2, 0) is 16.6 Å². The molecule has 1 heterocycles. The third kappa shape index (κ3) is 4.13. The summed E-state index contributed by atoms with van der Waals surface area (Å²) in [7, 11) is -3.64. The Morgan fingerprint density at radius 2 is 1.56 bits per heavy atom. The molecule has 1 fully saturated rings. The smallest absolute Gasteiger partial charge is 0.245 e. The fraction of sp³-hybridized carbons (Fsp3) is 0.154. The van der Waals surface area contributed by atoms with Crippen LogP contribution in [0, 0.1) is 0 Å². The van der Waals surface area contributed by atoms with E-state index in [0.29, 0.717) is 18.0 Å². The van der Waals surface area contributed by atoms with Gasteiger partial charge in [-0.1, -0.05) is 78.9 Å². The minimum Gasteiger partial charge on any atom is -0.489 e. The lowest BCUT2D eigenvalue weighted by Crippen LogP contribution is -2.30. The monoisotopic (exact) mass is 461 g/mol. The molecule has 0 amide bonds. The molecule has 32 heavy (non-hydrogen) atoms. The number of thioether (sulfide) groups is 1. The average molecular weight is 462 g/mol. The zero-order chi connectivity index (χ0) is 22.0. The molecule has 1 unspecified atom stereocenters. The molecule has 0 spiro atoms. The summed E-state index contributed by atoms with van der Waals surface area (Å²) in [5.41, 5.74) is 2.07. The van der Waals surface area contributed by atoms with Crippen LogP contribution in [0.15, 0.2) is 102 Å². The first-order valence-corrected chi connectivity index (χ1v) is 13.0. The largest absolute Gasteiger partial charge is 0.489 e. The second kappa shape index (κ2) is 8.98. The topological polar surface area (TPSA) is 46.6 Å². The predicted molar refractivity (Wildman–Crippen MR) is 130 cm³/mol. The van der Waals surface area contributed by atoms with Gasteiger partial charge in [-0.15, -0.1) is 11.8 Å². The Hall–Kier alpha value is -2.80. The number of rotatable bonds is 6. The maximum Gasteiger partial charge on any atom is 0.245 e. The first-order chi connectivity index (χ1) is 15.6. The van der Waals surface area contributed by atoms with E-state index in [4.69, 9.17) is 4.74 Å². The molecule has 0 aliphatic carbocycles. The molecule has 0 N–H and O–H groups in total. The number of sulfonamides is 1. The second-order valence-electron chi connectivity index (χ2n) is 7.66. The van der Waals surface area contributed by atoms with Crippen molar-refractivity contribution in [1.29, 1.82) is 0 Å². The van der Waals surface area contributed by atoms with Crippen LogP contribution >= 0.6 is 11.8 Å². The summed E-state index contributed by atoms with van der Waals surface area (Å²) in [5.74, 6) is 1.53. The molecule has 1 aliphatic rings. The van der Waals surface area contributed by atoms with E-state index in [1.807, 2.05) is 91.0 Å². The predicted octanol–water partition coefficient (Wildman–Crippen LogP) is 5.86. The third-order valence-corrected chi connectivity index (χ3v) is 8.92. The number of benzene rings is 4. The first kappa shape index (κ1) is 21.1. The van der Waals surface area contributed by atoms with Gasteiger partial charge in [-0.3, -0.25) is 0 Å². The van der Waals surface area contributed by atoms with Gasteiger partial charge in [-0.05, 0) is 34.7 Å². The van der Waals surface area contributed by atoms with Gasteiger partial charge in [0.2, 0.25) is 10.0 Å². The van der Waals surface area contributed by atoms with Gasteiger partial charge in [0, 0.05) is 17.7 Å². The van der Waals surface area contributed by atoms with Crippen LogP contribution < -0.4 is 4.74 Å². The number of fused-ring (bicyclic) bond motifs is 1. The van der Waals surface area contributed by atoms with Crippen LogP contribution in [-0.4, -0.2) is 25.0 Å². The van der Waals surface area contributed by atoms with E-state index in [-0.39, 0.29) is 5.37 Å². The minimum absolute atomic E-state index is 0.248. The molecular weight excluding hydrogens is 438 g/mol. The molecule has 0 aromatic heterocycles. The number of ether oxygens (including phenoxy) is 1. The third-order valence-electron chi connectivity index (χ3n) is 5.60. The highest BCUT2D eigenvalue weighted by Crippen LogP contribution is 2.42. The SMILES string of the molecule is O=S(=O)(c1cccc2ccccc12)N1CCSC1c1ccc(OCc2ccccc2)cc1. The summed E-state index contributed by atoms with van der Waals surface area (Å²) in [5, 5.41) is 1.44. The van der Waals surface area contributed by atoms with E-state index in [0.717, 1.165) is 33.4 Å². The molecule has 162 valence electrons. The summed E-state index contributed by atoms with van der Waals surface area (Å²) in [6.45, 7) is 0.993. The van der Waals surface area contributed by atoms with Crippen LogP contribution in [0.5, 0.6) is 5.75 Å².